The molecule has 2 rings (SSSR count). The van der Waals surface area contributed by atoms with Gasteiger partial charge in [0.1, 0.15) is 4.21 Å². The van der Waals surface area contributed by atoms with Gasteiger partial charge in [0.15, 0.2) is 15.3 Å². The summed E-state index contributed by atoms with van der Waals surface area (Å²) in [7, 11) is -7.54. The van der Waals surface area contributed by atoms with E-state index in [0.29, 0.717) is 0 Å². The first kappa shape index (κ1) is 18.5. The van der Waals surface area contributed by atoms with Crippen LogP contribution in [0, 0.1) is 0 Å². The molecular formula is C10H17N3O7S3. The molecule has 7 N–H and O–H groups in total. The summed E-state index contributed by atoms with van der Waals surface area (Å²) in [4.78, 5) is 0. The van der Waals surface area contributed by atoms with Gasteiger partial charge < -0.3 is 20.6 Å². The third-order valence-electron chi connectivity index (χ3n) is 3.45. The van der Waals surface area contributed by atoms with Crippen molar-refractivity contribution in [2.45, 2.75) is 32.5 Å². The number of primary sulfonamides is 1. The van der Waals surface area contributed by atoms with Crippen molar-refractivity contribution in [3.8, 4) is 5.75 Å². The molecule has 10 nitrogen and oxygen atoms in total. The van der Waals surface area contributed by atoms with Crippen molar-refractivity contribution in [2.24, 2.45) is 5.14 Å². The van der Waals surface area contributed by atoms with Crippen LogP contribution in [0.15, 0.2) is 8.42 Å². The van der Waals surface area contributed by atoms with E-state index < -0.39 is 56.8 Å². The Hall–Kier alpha value is -0.800. The van der Waals surface area contributed by atoms with Crippen molar-refractivity contribution < 1.29 is 32.2 Å². The molecule has 23 heavy (non-hydrogen) atoms. The maximum absolute atomic E-state index is 12.5. The number of sulfonamides is 1. The van der Waals surface area contributed by atoms with Crippen molar-refractivity contribution in [2.75, 3.05) is 13.6 Å². The van der Waals surface area contributed by atoms with Crippen LogP contribution in [-0.4, -0.2) is 56.9 Å². The molecule has 2 unspecified atom stereocenters. The van der Waals surface area contributed by atoms with Crippen LogP contribution in [0.5, 0.6) is 5.75 Å². The van der Waals surface area contributed by atoms with Crippen LogP contribution in [-0.2, 0) is 19.9 Å². The van der Waals surface area contributed by atoms with Crippen LogP contribution in [0.25, 0.3) is 0 Å². The predicted octanol–water partition coefficient (Wildman–Crippen LogP) is -2.23. The molecule has 0 radical (unpaired) electrons. The minimum atomic E-state index is -4.38. The SMILES string of the molecule is CCNC1c2c(sc(S(N)(=O)=O)c2O)S(=O)(=O)C(NC)C1(O)O. The van der Waals surface area contributed by atoms with Gasteiger partial charge in [0.05, 0.1) is 6.04 Å². The summed E-state index contributed by atoms with van der Waals surface area (Å²) >= 11 is 0.272. The van der Waals surface area contributed by atoms with Gasteiger partial charge in [-0.2, -0.15) is 0 Å². The Labute approximate surface area is 136 Å². The van der Waals surface area contributed by atoms with Gasteiger partial charge in [-0.3, -0.25) is 5.32 Å². The van der Waals surface area contributed by atoms with Crippen LogP contribution >= 0.6 is 11.3 Å². The molecule has 0 bridgehead atoms. The molecule has 1 aromatic heterocycles. The van der Waals surface area contributed by atoms with Crippen LogP contribution in [0.2, 0.25) is 0 Å². The summed E-state index contributed by atoms with van der Waals surface area (Å²) in [5.41, 5.74) is -0.419. The zero-order chi connectivity index (χ0) is 17.8. The molecule has 0 amide bonds. The first-order valence-electron chi connectivity index (χ1n) is 6.38. The van der Waals surface area contributed by atoms with Crippen molar-refractivity contribution in [1.29, 1.82) is 0 Å². The largest absolute Gasteiger partial charge is 0.505 e. The monoisotopic (exact) mass is 387 g/mol. The summed E-state index contributed by atoms with van der Waals surface area (Å²) < 4.78 is 46.9. The molecular weight excluding hydrogens is 370 g/mol. The third-order valence-corrected chi connectivity index (χ3v) is 8.78. The van der Waals surface area contributed by atoms with Crippen LogP contribution in [0.1, 0.15) is 18.5 Å². The number of fused-ring (bicyclic) bond motifs is 1. The molecule has 132 valence electrons. The molecule has 13 heteroatoms. The van der Waals surface area contributed by atoms with Crippen molar-refractivity contribution in [3.63, 3.8) is 0 Å². The van der Waals surface area contributed by atoms with E-state index in [1.165, 1.54) is 7.05 Å². The number of rotatable bonds is 4. The Morgan fingerprint density at radius 3 is 2.39 bits per heavy atom. The number of likely N-dealkylation sites (N-methyl/N-ethyl adjacent to an activating group) is 2. The number of nitrogens with two attached hydrogens (primary N) is 1. The number of aliphatic hydroxyl groups is 2. The number of sulfone groups is 1. The Morgan fingerprint density at radius 1 is 1.39 bits per heavy atom. The molecule has 1 aliphatic heterocycles. The zero-order valence-corrected chi connectivity index (χ0v) is 14.6. The Bertz CT molecular complexity index is 828. The highest BCUT2D eigenvalue weighted by molar-refractivity contribution is 7.95. The average molecular weight is 387 g/mol. The quantitative estimate of drug-likeness (QED) is 0.312. The van der Waals surface area contributed by atoms with Gasteiger partial charge in [0, 0.05) is 5.56 Å². The minimum Gasteiger partial charge on any atom is -0.505 e. The molecule has 0 spiro atoms. The van der Waals surface area contributed by atoms with Gasteiger partial charge in [0.2, 0.25) is 15.6 Å². The Kier molecular flexibility index (Phi) is 4.54. The highest BCUT2D eigenvalue weighted by atomic mass is 32.3. The van der Waals surface area contributed by atoms with Gasteiger partial charge in [-0.25, -0.2) is 22.0 Å². The van der Waals surface area contributed by atoms with Gasteiger partial charge in [0.25, 0.3) is 10.0 Å². The van der Waals surface area contributed by atoms with E-state index in [1.807, 2.05) is 0 Å². The maximum atomic E-state index is 12.5. The number of thiophene rings is 1. The highest BCUT2D eigenvalue weighted by Gasteiger charge is 2.58. The first-order chi connectivity index (χ1) is 10.4. The van der Waals surface area contributed by atoms with E-state index in [-0.39, 0.29) is 17.9 Å². The van der Waals surface area contributed by atoms with Crippen molar-refractivity contribution in [3.05, 3.63) is 5.56 Å². The zero-order valence-electron chi connectivity index (χ0n) is 12.1. The number of hydrogen-bond donors (Lipinski definition) is 6. The molecule has 0 aromatic carbocycles. The maximum Gasteiger partial charge on any atom is 0.251 e. The third kappa shape index (κ3) is 2.66. The summed E-state index contributed by atoms with van der Waals surface area (Å²) in [6.07, 6.45) is 0. The van der Waals surface area contributed by atoms with E-state index in [2.05, 4.69) is 10.6 Å². The molecule has 0 saturated carbocycles. The summed E-state index contributed by atoms with van der Waals surface area (Å²) in [5.74, 6) is -3.73. The Balaban J connectivity index is 2.90. The van der Waals surface area contributed by atoms with Crippen LogP contribution < -0.4 is 15.8 Å². The van der Waals surface area contributed by atoms with Gasteiger partial charge in [-0.05, 0) is 13.6 Å². The fraction of sp³-hybridized carbons (Fsp3) is 0.600. The lowest BCUT2D eigenvalue weighted by Crippen LogP contribution is -2.62. The summed E-state index contributed by atoms with van der Waals surface area (Å²) in [6, 6.07) is -1.43. The van der Waals surface area contributed by atoms with Crippen molar-refractivity contribution >= 4 is 31.2 Å². The summed E-state index contributed by atoms with van der Waals surface area (Å²) in [5, 5.41) is 38.9. The molecule has 2 heterocycles. The van der Waals surface area contributed by atoms with E-state index in [0.717, 1.165) is 0 Å². The fourth-order valence-electron chi connectivity index (χ4n) is 2.58. The van der Waals surface area contributed by atoms with E-state index in [4.69, 9.17) is 5.14 Å². The fourth-order valence-corrected chi connectivity index (χ4v) is 7.17. The number of aromatic hydroxyl groups is 1. The average Bonchev–Trinajstić information content (AvgIpc) is 2.73. The molecule has 0 fully saturated rings. The standard InChI is InChI=1S/C10H17N3O7S3/c1-3-13-6-4-5(14)8(23(11,19)20)21-7(4)22(17,18)9(12-2)10(6,15)16/h6,9,12-16H,3H2,1-2H3,(H2,11,19,20). The second-order valence-electron chi connectivity index (χ2n) is 4.97. The normalized spacial score (nSPS) is 26.0. The van der Waals surface area contributed by atoms with E-state index >= 15 is 0 Å². The lowest BCUT2D eigenvalue weighted by molar-refractivity contribution is -0.192. The van der Waals surface area contributed by atoms with Gasteiger partial charge >= 0.3 is 0 Å². The second kappa shape index (κ2) is 5.63. The topological polar surface area (TPSA) is 179 Å². The van der Waals surface area contributed by atoms with Gasteiger partial charge in [-0.15, -0.1) is 11.3 Å². The smallest absolute Gasteiger partial charge is 0.251 e. The predicted molar refractivity (Wildman–Crippen MR) is 81.0 cm³/mol. The molecule has 1 aromatic rings. The first-order valence-corrected chi connectivity index (χ1v) is 10.3. The molecule has 2 atom stereocenters. The number of nitrogens with one attached hydrogen (secondary N) is 2. The van der Waals surface area contributed by atoms with E-state index in [1.54, 1.807) is 6.92 Å². The number of hydrogen-bond acceptors (Lipinski definition) is 10. The highest BCUT2D eigenvalue weighted by Crippen LogP contribution is 2.51. The second-order valence-corrected chi connectivity index (χ2v) is 9.98. The lowest BCUT2D eigenvalue weighted by Gasteiger charge is -2.41. The lowest BCUT2D eigenvalue weighted by atomic mass is 9.99. The summed E-state index contributed by atoms with van der Waals surface area (Å²) in [6.45, 7) is 1.82. The molecule has 0 saturated heterocycles. The van der Waals surface area contributed by atoms with Gasteiger partial charge in [-0.1, -0.05) is 6.92 Å². The molecule has 1 aliphatic rings. The van der Waals surface area contributed by atoms with Crippen LogP contribution in [0.4, 0.5) is 0 Å². The molecule has 0 aliphatic carbocycles. The van der Waals surface area contributed by atoms with Crippen molar-refractivity contribution in [1.82, 2.24) is 10.6 Å². The Morgan fingerprint density at radius 2 is 1.96 bits per heavy atom. The van der Waals surface area contributed by atoms with Crippen LogP contribution in [0.3, 0.4) is 0 Å². The minimum absolute atomic E-state index is 0.198. The van der Waals surface area contributed by atoms with E-state index in [9.17, 15) is 32.2 Å².